The highest BCUT2D eigenvalue weighted by atomic mass is 16.2. The maximum Gasteiger partial charge on any atom is 0.250 e. The zero-order chi connectivity index (χ0) is 14.8. The van der Waals surface area contributed by atoms with E-state index in [0.29, 0.717) is 18.8 Å². The summed E-state index contributed by atoms with van der Waals surface area (Å²) in [7, 11) is 0. The Hall–Kier alpha value is -2.76. The van der Waals surface area contributed by atoms with Gasteiger partial charge in [-0.15, -0.1) is 0 Å². The Kier molecular flexibility index (Phi) is 3.35. The van der Waals surface area contributed by atoms with E-state index in [9.17, 15) is 9.59 Å². The van der Waals surface area contributed by atoms with Crippen molar-refractivity contribution in [3.63, 3.8) is 0 Å². The summed E-state index contributed by atoms with van der Waals surface area (Å²) in [5, 5.41) is 2.84. The summed E-state index contributed by atoms with van der Waals surface area (Å²) in [6, 6.07) is 10.7. The van der Waals surface area contributed by atoms with Gasteiger partial charge in [-0.05, 0) is 18.2 Å². The zero-order valence-corrected chi connectivity index (χ0v) is 11.5. The van der Waals surface area contributed by atoms with E-state index in [-0.39, 0.29) is 18.0 Å². The van der Waals surface area contributed by atoms with Crippen molar-refractivity contribution in [3.8, 4) is 0 Å². The molecule has 0 atom stereocenters. The van der Waals surface area contributed by atoms with Gasteiger partial charge in [-0.3, -0.25) is 9.59 Å². The molecule has 0 spiro atoms. The van der Waals surface area contributed by atoms with Crippen molar-refractivity contribution < 1.29 is 4.79 Å². The topological polar surface area (TPSA) is 80.4 Å². The molecule has 3 N–H and O–H groups in total. The van der Waals surface area contributed by atoms with Gasteiger partial charge in [-0.1, -0.05) is 12.1 Å². The number of carbonyl (C=O) groups is 1. The largest absolute Gasteiger partial charge is 0.398 e. The molecule has 2 heterocycles. The van der Waals surface area contributed by atoms with E-state index >= 15 is 0 Å². The number of amides is 1. The summed E-state index contributed by atoms with van der Waals surface area (Å²) >= 11 is 0. The molecular formula is C15H16N4O2. The van der Waals surface area contributed by atoms with Gasteiger partial charge in [-0.25, -0.2) is 0 Å². The first kappa shape index (κ1) is 13.2. The number of anilines is 3. The van der Waals surface area contributed by atoms with Crippen LogP contribution in [0.2, 0.25) is 0 Å². The molecule has 2 aromatic rings. The Morgan fingerprint density at radius 1 is 1.10 bits per heavy atom. The fraction of sp³-hybridized carbons (Fsp3) is 0.200. The van der Waals surface area contributed by atoms with E-state index in [1.165, 1.54) is 6.07 Å². The summed E-state index contributed by atoms with van der Waals surface area (Å²) in [4.78, 5) is 25.5. The van der Waals surface area contributed by atoms with Crippen LogP contribution in [0.15, 0.2) is 47.4 Å². The third-order valence-electron chi connectivity index (χ3n) is 3.47. The van der Waals surface area contributed by atoms with Crippen molar-refractivity contribution in [2.45, 2.75) is 6.54 Å². The van der Waals surface area contributed by atoms with Crippen LogP contribution in [0, 0.1) is 0 Å². The fourth-order valence-corrected chi connectivity index (χ4v) is 2.46. The molecule has 0 saturated carbocycles. The number of nitrogens with one attached hydrogen (secondary N) is 1. The van der Waals surface area contributed by atoms with E-state index in [4.69, 9.17) is 5.73 Å². The number of aromatic nitrogens is 1. The van der Waals surface area contributed by atoms with Gasteiger partial charge in [-0.2, -0.15) is 0 Å². The molecule has 0 radical (unpaired) electrons. The van der Waals surface area contributed by atoms with Gasteiger partial charge < -0.3 is 20.5 Å². The van der Waals surface area contributed by atoms with Gasteiger partial charge in [0.1, 0.15) is 0 Å². The van der Waals surface area contributed by atoms with Gasteiger partial charge in [0.05, 0.1) is 17.9 Å². The zero-order valence-electron chi connectivity index (χ0n) is 11.5. The predicted octanol–water partition coefficient (Wildman–Crippen LogP) is 0.889. The Morgan fingerprint density at radius 3 is 2.76 bits per heavy atom. The highest BCUT2D eigenvalue weighted by Gasteiger charge is 2.20. The van der Waals surface area contributed by atoms with Crippen molar-refractivity contribution in [1.82, 2.24) is 4.57 Å². The van der Waals surface area contributed by atoms with Gasteiger partial charge in [0.15, 0.2) is 0 Å². The summed E-state index contributed by atoms with van der Waals surface area (Å²) in [5.74, 6) is -0.0476. The monoisotopic (exact) mass is 284 g/mol. The van der Waals surface area contributed by atoms with Crippen molar-refractivity contribution in [2.75, 3.05) is 29.0 Å². The number of carbonyl (C=O) groups excluding carboxylic acids is 1. The average Bonchev–Trinajstić information content (AvgIpc) is 2.47. The molecule has 0 aliphatic carbocycles. The first-order valence-corrected chi connectivity index (χ1v) is 6.73. The second-order valence-electron chi connectivity index (χ2n) is 4.98. The van der Waals surface area contributed by atoms with Crippen molar-refractivity contribution in [2.24, 2.45) is 0 Å². The highest BCUT2D eigenvalue weighted by molar-refractivity contribution is 6.01. The van der Waals surface area contributed by atoms with Crippen LogP contribution in [-0.4, -0.2) is 23.6 Å². The average molecular weight is 284 g/mol. The van der Waals surface area contributed by atoms with Crippen LogP contribution in [-0.2, 0) is 11.3 Å². The molecule has 0 saturated heterocycles. The van der Waals surface area contributed by atoms with Crippen LogP contribution in [0.4, 0.5) is 17.1 Å². The molecule has 108 valence electrons. The SMILES string of the molecule is Nc1ccc(=O)n(CCN2CC(=O)Nc3ccccc32)c1. The number of rotatable bonds is 3. The number of nitrogens with zero attached hydrogens (tertiary/aromatic N) is 2. The molecule has 21 heavy (non-hydrogen) atoms. The predicted molar refractivity (Wildman–Crippen MR) is 82.4 cm³/mol. The minimum absolute atomic E-state index is 0.0476. The van der Waals surface area contributed by atoms with Crippen molar-refractivity contribution in [1.29, 1.82) is 0 Å². The molecule has 1 amide bonds. The van der Waals surface area contributed by atoms with Gasteiger partial charge in [0.2, 0.25) is 5.91 Å². The number of pyridine rings is 1. The lowest BCUT2D eigenvalue weighted by Gasteiger charge is -2.31. The second kappa shape index (κ2) is 5.32. The molecular weight excluding hydrogens is 268 g/mol. The number of hydrogen-bond donors (Lipinski definition) is 2. The minimum Gasteiger partial charge on any atom is -0.398 e. The van der Waals surface area contributed by atoms with Crippen molar-refractivity contribution in [3.05, 3.63) is 52.9 Å². The lowest BCUT2D eigenvalue weighted by molar-refractivity contribution is -0.115. The maximum absolute atomic E-state index is 11.8. The number of nitrogens with two attached hydrogens (primary N) is 1. The van der Waals surface area contributed by atoms with E-state index < -0.39 is 0 Å². The number of hydrogen-bond acceptors (Lipinski definition) is 4. The first-order valence-electron chi connectivity index (χ1n) is 6.73. The van der Waals surface area contributed by atoms with Crippen LogP contribution >= 0.6 is 0 Å². The Labute approximate surface area is 121 Å². The Balaban J connectivity index is 1.81. The molecule has 6 nitrogen and oxygen atoms in total. The quantitative estimate of drug-likeness (QED) is 0.877. The molecule has 1 aromatic heterocycles. The Morgan fingerprint density at radius 2 is 1.90 bits per heavy atom. The fourth-order valence-electron chi connectivity index (χ4n) is 2.46. The molecule has 1 aromatic carbocycles. The summed E-state index contributed by atoms with van der Waals surface area (Å²) in [5.41, 5.74) is 7.91. The third kappa shape index (κ3) is 2.74. The maximum atomic E-state index is 11.8. The number of nitrogen functional groups attached to an aromatic ring is 1. The van der Waals surface area contributed by atoms with Crippen LogP contribution in [0.1, 0.15) is 0 Å². The lowest BCUT2D eigenvalue weighted by Crippen LogP contribution is -2.40. The minimum atomic E-state index is -0.0982. The summed E-state index contributed by atoms with van der Waals surface area (Å²) in [6.07, 6.45) is 1.62. The van der Waals surface area contributed by atoms with Gasteiger partial charge >= 0.3 is 0 Å². The van der Waals surface area contributed by atoms with E-state index in [1.54, 1.807) is 16.8 Å². The van der Waals surface area contributed by atoms with E-state index in [2.05, 4.69) is 5.32 Å². The lowest BCUT2D eigenvalue weighted by atomic mass is 10.2. The van der Waals surface area contributed by atoms with Crippen molar-refractivity contribution >= 4 is 23.0 Å². The van der Waals surface area contributed by atoms with Gasteiger partial charge in [0.25, 0.3) is 5.56 Å². The molecule has 3 rings (SSSR count). The molecule has 0 unspecified atom stereocenters. The second-order valence-corrected chi connectivity index (χ2v) is 4.98. The number of fused-ring (bicyclic) bond motifs is 1. The van der Waals surface area contributed by atoms with E-state index in [1.807, 2.05) is 29.2 Å². The number of para-hydroxylation sites is 2. The summed E-state index contributed by atoms with van der Waals surface area (Å²) in [6.45, 7) is 1.33. The van der Waals surface area contributed by atoms with Crippen LogP contribution < -0.4 is 21.5 Å². The molecule has 1 aliphatic rings. The normalized spacial score (nSPS) is 13.7. The van der Waals surface area contributed by atoms with Crippen LogP contribution in [0.25, 0.3) is 0 Å². The summed E-state index contributed by atoms with van der Waals surface area (Å²) < 4.78 is 1.56. The number of benzene rings is 1. The molecule has 6 heteroatoms. The first-order chi connectivity index (χ1) is 10.1. The smallest absolute Gasteiger partial charge is 0.250 e. The van der Waals surface area contributed by atoms with Gasteiger partial charge in [0, 0.05) is 31.0 Å². The van der Waals surface area contributed by atoms with Crippen LogP contribution in [0.3, 0.4) is 0 Å². The third-order valence-corrected chi connectivity index (χ3v) is 3.47. The standard InChI is InChI=1S/C15H16N4O2/c16-11-5-6-15(21)19(9-11)8-7-18-10-14(20)17-12-3-1-2-4-13(12)18/h1-6,9H,7-8,10,16H2,(H,17,20). The van der Waals surface area contributed by atoms with Crippen LogP contribution in [0.5, 0.6) is 0 Å². The Bertz CT molecular complexity index is 738. The molecule has 1 aliphatic heterocycles. The molecule has 0 bridgehead atoms. The highest BCUT2D eigenvalue weighted by Crippen LogP contribution is 2.28. The van der Waals surface area contributed by atoms with E-state index in [0.717, 1.165) is 11.4 Å². The molecule has 0 fully saturated rings.